The van der Waals surface area contributed by atoms with E-state index in [9.17, 15) is 4.79 Å². The molecule has 1 aromatic heterocycles. The summed E-state index contributed by atoms with van der Waals surface area (Å²) < 4.78 is 5.41. The van der Waals surface area contributed by atoms with Gasteiger partial charge in [0.25, 0.3) is 0 Å². The second-order valence-corrected chi connectivity index (χ2v) is 7.98. The van der Waals surface area contributed by atoms with Gasteiger partial charge in [0.15, 0.2) is 5.82 Å². The highest BCUT2D eigenvalue weighted by atomic mass is 32.2. The van der Waals surface area contributed by atoms with Gasteiger partial charge in [-0.3, -0.25) is 14.6 Å². The summed E-state index contributed by atoms with van der Waals surface area (Å²) in [6.07, 6.45) is 4.63. The highest BCUT2D eigenvalue weighted by Crippen LogP contribution is 2.32. The number of nitrogens with zero attached hydrogens (tertiary/aromatic N) is 5. The van der Waals surface area contributed by atoms with Crippen LogP contribution in [0.1, 0.15) is 37.9 Å². The fourth-order valence-electron chi connectivity index (χ4n) is 3.98. The SMILES string of the molecule is CCN1CC[C@]2(CCC1=O)CN(Cc1nc(CSC)no1)CCN2C. The summed E-state index contributed by atoms with van der Waals surface area (Å²) in [5.74, 6) is 2.54. The van der Waals surface area contributed by atoms with Crippen LogP contribution in [0.2, 0.25) is 0 Å². The largest absolute Gasteiger partial charge is 0.343 e. The molecular weight excluding hydrogens is 338 g/mol. The third-order valence-corrected chi connectivity index (χ3v) is 6.15. The molecule has 2 aliphatic rings. The Bertz CT molecular complexity index is 595. The van der Waals surface area contributed by atoms with Crippen LogP contribution in [0.4, 0.5) is 0 Å². The fraction of sp³-hybridized carbons (Fsp3) is 0.824. The Morgan fingerprint density at radius 3 is 2.88 bits per heavy atom. The zero-order valence-electron chi connectivity index (χ0n) is 15.5. The number of rotatable bonds is 5. The number of carbonyl (C=O) groups excluding carboxylic acids is 1. The van der Waals surface area contributed by atoms with E-state index in [-0.39, 0.29) is 5.54 Å². The maximum atomic E-state index is 12.3. The van der Waals surface area contributed by atoms with E-state index in [1.54, 1.807) is 11.8 Å². The Kier molecular flexibility index (Phi) is 6.01. The van der Waals surface area contributed by atoms with E-state index in [1.807, 2.05) is 11.2 Å². The average Bonchev–Trinajstić information content (AvgIpc) is 2.97. The second-order valence-electron chi connectivity index (χ2n) is 7.12. The average molecular weight is 368 g/mol. The normalized spacial score (nSPS) is 26.4. The second kappa shape index (κ2) is 8.05. The summed E-state index contributed by atoms with van der Waals surface area (Å²) in [7, 11) is 2.20. The van der Waals surface area contributed by atoms with E-state index in [0.29, 0.717) is 24.8 Å². The van der Waals surface area contributed by atoms with Crippen molar-refractivity contribution in [1.29, 1.82) is 0 Å². The third kappa shape index (κ3) is 4.17. The van der Waals surface area contributed by atoms with E-state index in [2.05, 4.69) is 33.9 Å². The van der Waals surface area contributed by atoms with Gasteiger partial charge in [0.2, 0.25) is 11.8 Å². The van der Waals surface area contributed by atoms with Gasteiger partial charge in [0.05, 0.1) is 12.3 Å². The van der Waals surface area contributed by atoms with Crippen molar-refractivity contribution in [2.45, 2.75) is 44.0 Å². The summed E-state index contributed by atoms with van der Waals surface area (Å²) in [5, 5.41) is 4.04. The lowest BCUT2D eigenvalue weighted by Gasteiger charge is -2.49. The van der Waals surface area contributed by atoms with Gasteiger partial charge in [-0.1, -0.05) is 5.16 Å². The number of aromatic nitrogens is 2. The molecule has 1 aromatic rings. The number of thioether (sulfide) groups is 1. The van der Waals surface area contributed by atoms with Crippen LogP contribution in [0.25, 0.3) is 0 Å². The first-order valence-electron chi connectivity index (χ1n) is 9.08. The van der Waals surface area contributed by atoms with Crippen molar-refractivity contribution in [3.05, 3.63) is 11.7 Å². The van der Waals surface area contributed by atoms with E-state index < -0.39 is 0 Å². The van der Waals surface area contributed by atoms with Gasteiger partial charge in [0, 0.05) is 44.7 Å². The Balaban J connectivity index is 1.67. The number of hydrogen-bond donors (Lipinski definition) is 0. The Morgan fingerprint density at radius 1 is 1.28 bits per heavy atom. The van der Waals surface area contributed by atoms with Crippen molar-refractivity contribution in [1.82, 2.24) is 24.8 Å². The van der Waals surface area contributed by atoms with Gasteiger partial charge in [-0.15, -0.1) is 0 Å². The first-order chi connectivity index (χ1) is 12.1. The van der Waals surface area contributed by atoms with Gasteiger partial charge in [-0.2, -0.15) is 16.7 Å². The zero-order chi connectivity index (χ0) is 17.9. The van der Waals surface area contributed by atoms with Crippen molar-refractivity contribution >= 4 is 17.7 Å². The van der Waals surface area contributed by atoms with Crippen molar-refractivity contribution in [3.8, 4) is 0 Å². The minimum Gasteiger partial charge on any atom is -0.343 e. The van der Waals surface area contributed by atoms with Gasteiger partial charge >= 0.3 is 0 Å². The number of likely N-dealkylation sites (tertiary alicyclic amines) is 1. The smallest absolute Gasteiger partial charge is 0.240 e. The van der Waals surface area contributed by atoms with Crippen LogP contribution in [0.15, 0.2) is 4.52 Å². The molecule has 0 bridgehead atoms. The highest BCUT2D eigenvalue weighted by Gasteiger charge is 2.42. The Labute approximate surface area is 154 Å². The molecule has 0 saturated carbocycles. The molecule has 3 rings (SSSR count). The van der Waals surface area contributed by atoms with E-state index in [4.69, 9.17) is 4.52 Å². The zero-order valence-corrected chi connectivity index (χ0v) is 16.3. The van der Waals surface area contributed by atoms with Gasteiger partial charge in [-0.05, 0) is 33.1 Å². The van der Waals surface area contributed by atoms with Crippen LogP contribution in [0.3, 0.4) is 0 Å². The number of hydrogen-bond acceptors (Lipinski definition) is 7. The van der Waals surface area contributed by atoms with E-state index in [0.717, 1.165) is 57.1 Å². The highest BCUT2D eigenvalue weighted by molar-refractivity contribution is 7.97. The molecule has 0 radical (unpaired) electrons. The molecule has 0 aromatic carbocycles. The summed E-state index contributed by atoms with van der Waals surface area (Å²) >= 11 is 1.69. The standard InChI is InChI=1S/C17H29N5O2S/c1-4-22-8-7-17(6-5-16(22)23)13-21(10-9-20(17)2)11-15-18-14(12-25-3)19-24-15/h4-13H2,1-3H3/t17-/m1/s1. The molecule has 0 N–H and O–H groups in total. The van der Waals surface area contributed by atoms with Gasteiger partial charge < -0.3 is 9.42 Å². The van der Waals surface area contributed by atoms with Gasteiger partial charge in [-0.25, -0.2) is 0 Å². The van der Waals surface area contributed by atoms with Crippen LogP contribution < -0.4 is 0 Å². The predicted molar refractivity (Wildman–Crippen MR) is 98.3 cm³/mol. The van der Waals surface area contributed by atoms with Crippen LogP contribution in [-0.2, 0) is 17.1 Å². The maximum Gasteiger partial charge on any atom is 0.240 e. The minimum absolute atomic E-state index is 0.0694. The molecule has 3 heterocycles. The molecule has 2 fully saturated rings. The van der Waals surface area contributed by atoms with Crippen LogP contribution in [0, 0.1) is 0 Å². The summed E-state index contributed by atoms with van der Waals surface area (Å²) in [5.41, 5.74) is 0.0694. The van der Waals surface area contributed by atoms with Crippen molar-refractivity contribution in [2.75, 3.05) is 46.0 Å². The number of amides is 1. The van der Waals surface area contributed by atoms with Crippen LogP contribution in [-0.4, -0.2) is 82.3 Å². The van der Waals surface area contributed by atoms with E-state index >= 15 is 0 Å². The van der Waals surface area contributed by atoms with Crippen molar-refractivity contribution in [3.63, 3.8) is 0 Å². The molecule has 0 unspecified atom stereocenters. The lowest BCUT2D eigenvalue weighted by atomic mass is 9.86. The molecule has 2 aliphatic heterocycles. The molecule has 7 nitrogen and oxygen atoms in total. The molecule has 25 heavy (non-hydrogen) atoms. The molecular formula is C17H29N5O2S. The first kappa shape index (κ1) is 18.7. The lowest BCUT2D eigenvalue weighted by Crippen LogP contribution is -2.60. The maximum absolute atomic E-state index is 12.3. The number of carbonyl (C=O) groups is 1. The lowest BCUT2D eigenvalue weighted by molar-refractivity contribution is -0.130. The molecule has 8 heteroatoms. The topological polar surface area (TPSA) is 65.7 Å². The van der Waals surface area contributed by atoms with Crippen LogP contribution >= 0.6 is 11.8 Å². The summed E-state index contributed by atoms with van der Waals surface area (Å²) in [6.45, 7) is 7.37. The summed E-state index contributed by atoms with van der Waals surface area (Å²) in [4.78, 5) is 23.6. The quantitative estimate of drug-likeness (QED) is 0.780. The third-order valence-electron chi connectivity index (χ3n) is 5.61. The Hall–Kier alpha value is -1.12. The van der Waals surface area contributed by atoms with E-state index in [1.165, 1.54) is 0 Å². The Morgan fingerprint density at radius 2 is 2.12 bits per heavy atom. The van der Waals surface area contributed by atoms with Gasteiger partial charge in [0.1, 0.15) is 0 Å². The number of likely N-dealkylation sites (N-methyl/N-ethyl adjacent to an activating group) is 1. The molecule has 0 aliphatic carbocycles. The minimum atomic E-state index is 0.0694. The molecule has 1 atom stereocenters. The van der Waals surface area contributed by atoms with Crippen LogP contribution in [0.5, 0.6) is 0 Å². The first-order valence-corrected chi connectivity index (χ1v) is 10.5. The fourth-order valence-corrected chi connectivity index (χ4v) is 4.35. The summed E-state index contributed by atoms with van der Waals surface area (Å²) in [6, 6.07) is 0. The molecule has 140 valence electrons. The monoisotopic (exact) mass is 367 g/mol. The molecule has 1 amide bonds. The van der Waals surface area contributed by atoms with Crippen molar-refractivity contribution < 1.29 is 9.32 Å². The molecule has 1 spiro atoms. The van der Waals surface area contributed by atoms with Crippen molar-refractivity contribution in [2.24, 2.45) is 0 Å². The predicted octanol–water partition coefficient (Wildman–Crippen LogP) is 1.45. The molecule has 2 saturated heterocycles. The number of piperazine rings is 1.